The third-order valence-corrected chi connectivity index (χ3v) is 9.05. The van der Waals surface area contributed by atoms with Crippen LogP contribution in [0.15, 0.2) is 94.8 Å². The van der Waals surface area contributed by atoms with E-state index >= 15 is 0 Å². The fraction of sp³-hybridized carbons (Fsp3) is 0.421. The van der Waals surface area contributed by atoms with E-state index in [4.69, 9.17) is 18.9 Å². The Kier molecular flexibility index (Phi) is 9.78. The van der Waals surface area contributed by atoms with Crippen LogP contribution in [0.3, 0.4) is 0 Å². The summed E-state index contributed by atoms with van der Waals surface area (Å²) in [7, 11) is 0. The second-order valence-corrected chi connectivity index (χ2v) is 14.6. The monoisotopic (exact) mass is 688 g/mol. The minimum absolute atomic E-state index is 0.0152. The first-order chi connectivity index (χ1) is 23.4. The predicted molar refractivity (Wildman–Crippen MR) is 176 cm³/mol. The van der Waals surface area contributed by atoms with Gasteiger partial charge in [0.15, 0.2) is 17.3 Å². The highest BCUT2D eigenvalue weighted by molar-refractivity contribution is 6.22. The fourth-order valence-electron chi connectivity index (χ4n) is 6.50. The van der Waals surface area contributed by atoms with Crippen molar-refractivity contribution in [2.45, 2.75) is 90.6 Å². The largest absolute Gasteiger partial charge is 0.512 e. The molecule has 0 bridgehead atoms. The lowest BCUT2D eigenvalue weighted by molar-refractivity contribution is -0.297. The minimum atomic E-state index is -1.61. The summed E-state index contributed by atoms with van der Waals surface area (Å²) in [5.74, 6) is -7.13. The summed E-state index contributed by atoms with van der Waals surface area (Å²) in [6.07, 6.45) is 15.1. The van der Waals surface area contributed by atoms with E-state index in [-0.39, 0.29) is 94.8 Å². The van der Waals surface area contributed by atoms with Crippen LogP contribution in [0.1, 0.15) is 79.1 Å². The standard InChI is InChI=1S/C38H40O12/c1-35(2)19-27(39)23(28(40)20-35)11-7-5-9-13-25-31(43)47-37(48-32(25)44)15-17-38(18-16-37)49-33(45)26(34(46)50-38)14-10-6-8-12-24-29(41)21-36(3,4)22-30(24)42/h5-14,39,45H,15-22H2,1-4H3/b8-6+,9-5+,11-7+,14-10+,25-13?. The molecular weight excluding hydrogens is 648 g/mol. The van der Waals surface area contributed by atoms with E-state index in [2.05, 4.69) is 0 Å². The van der Waals surface area contributed by atoms with Crippen molar-refractivity contribution in [1.82, 2.24) is 0 Å². The summed E-state index contributed by atoms with van der Waals surface area (Å²) in [5, 5.41) is 20.8. The van der Waals surface area contributed by atoms with Crippen molar-refractivity contribution in [2.75, 3.05) is 0 Å². The average molecular weight is 689 g/mol. The van der Waals surface area contributed by atoms with Crippen molar-refractivity contribution in [2.24, 2.45) is 10.8 Å². The first-order valence-electron chi connectivity index (χ1n) is 16.4. The molecule has 5 aliphatic rings. The van der Waals surface area contributed by atoms with Crippen LogP contribution in [-0.2, 0) is 47.7 Å². The molecule has 2 aliphatic heterocycles. The van der Waals surface area contributed by atoms with Gasteiger partial charge in [0.05, 0.1) is 11.1 Å². The SMILES string of the molecule is CC1(C)CC(=O)C(=C/C=C/C=C/C2=C(O)OC3(CCC4(CC3)OC(=O)C(=C/C=C/C=C/C3=C(O)CC(C)(C)CC3=O)C(=O)O4)OC2=O)C(=O)C1. The Balaban J connectivity index is 1.16. The number of carbonyl (C=O) groups is 6. The van der Waals surface area contributed by atoms with Crippen molar-refractivity contribution in [1.29, 1.82) is 0 Å². The number of ketones is 3. The molecule has 0 radical (unpaired) electrons. The van der Waals surface area contributed by atoms with Gasteiger partial charge < -0.3 is 29.2 Å². The van der Waals surface area contributed by atoms with Gasteiger partial charge in [-0.15, -0.1) is 0 Å². The number of ether oxygens (including phenoxy) is 4. The first-order valence-corrected chi connectivity index (χ1v) is 16.4. The van der Waals surface area contributed by atoms with Crippen LogP contribution >= 0.6 is 0 Å². The molecular formula is C38H40O12. The van der Waals surface area contributed by atoms with Crippen LogP contribution in [0, 0.1) is 10.8 Å². The Bertz CT molecular complexity index is 1730. The van der Waals surface area contributed by atoms with Gasteiger partial charge in [-0.25, -0.2) is 14.4 Å². The van der Waals surface area contributed by atoms with Gasteiger partial charge in [0.25, 0.3) is 17.5 Å². The normalized spacial score (nSPS) is 24.9. The Labute approximate surface area is 289 Å². The summed E-state index contributed by atoms with van der Waals surface area (Å²) in [6, 6.07) is 0. The maximum Gasteiger partial charge on any atom is 0.348 e. The van der Waals surface area contributed by atoms with Crippen molar-refractivity contribution in [3.63, 3.8) is 0 Å². The number of Topliss-reactive ketones (excluding diaryl/α,β-unsaturated/α-hetero) is 3. The third kappa shape index (κ3) is 7.96. The van der Waals surface area contributed by atoms with Gasteiger partial charge in [-0.2, -0.15) is 0 Å². The van der Waals surface area contributed by atoms with Gasteiger partial charge in [-0.1, -0.05) is 64.2 Å². The molecule has 3 fully saturated rings. The van der Waals surface area contributed by atoms with Gasteiger partial charge >= 0.3 is 17.9 Å². The van der Waals surface area contributed by atoms with Crippen LogP contribution in [0.5, 0.6) is 0 Å². The highest BCUT2D eigenvalue weighted by Crippen LogP contribution is 2.46. The molecule has 3 aliphatic carbocycles. The molecule has 264 valence electrons. The minimum Gasteiger partial charge on any atom is -0.512 e. The highest BCUT2D eigenvalue weighted by Gasteiger charge is 2.56. The lowest BCUT2D eigenvalue weighted by Crippen LogP contribution is -2.54. The Morgan fingerprint density at radius 1 is 0.500 bits per heavy atom. The molecule has 12 nitrogen and oxygen atoms in total. The third-order valence-electron chi connectivity index (χ3n) is 9.05. The number of aliphatic hydroxyl groups excluding tert-OH is 2. The zero-order chi connectivity index (χ0) is 36.5. The molecule has 0 aromatic heterocycles. The summed E-state index contributed by atoms with van der Waals surface area (Å²) in [6.45, 7) is 7.53. The lowest BCUT2D eigenvalue weighted by Gasteiger charge is -2.46. The lowest BCUT2D eigenvalue weighted by atomic mass is 9.74. The zero-order valence-electron chi connectivity index (χ0n) is 28.4. The van der Waals surface area contributed by atoms with Gasteiger partial charge in [0.2, 0.25) is 0 Å². The molecule has 0 amide bonds. The van der Waals surface area contributed by atoms with Gasteiger partial charge in [-0.05, 0) is 35.1 Å². The second-order valence-electron chi connectivity index (χ2n) is 14.6. The number of aliphatic hydroxyl groups is 2. The number of allylic oxidation sites excluding steroid dienone is 12. The molecule has 2 heterocycles. The molecule has 2 saturated carbocycles. The fourth-order valence-corrected chi connectivity index (χ4v) is 6.50. The second kappa shape index (κ2) is 13.6. The van der Waals surface area contributed by atoms with Crippen molar-refractivity contribution < 1.29 is 57.9 Å². The van der Waals surface area contributed by atoms with Gasteiger partial charge in [0, 0.05) is 51.4 Å². The zero-order valence-corrected chi connectivity index (χ0v) is 28.4. The maximum absolute atomic E-state index is 12.8. The average Bonchev–Trinajstić information content (AvgIpc) is 2.98. The van der Waals surface area contributed by atoms with Crippen molar-refractivity contribution in [3.05, 3.63) is 94.8 Å². The Hall–Kier alpha value is -5.26. The molecule has 12 heteroatoms. The number of hydrogen-bond donors (Lipinski definition) is 2. The molecule has 1 saturated heterocycles. The molecule has 0 unspecified atom stereocenters. The van der Waals surface area contributed by atoms with Crippen molar-refractivity contribution in [3.8, 4) is 0 Å². The smallest absolute Gasteiger partial charge is 0.348 e. The molecule has 0 aromatic carbocycles. The molecule has 2 spiro atoms. The Morgan fingerprint density at radius 3 is 1.46 bits per heavy atom. The van der Waals surface area contributed by atoms with E-state index in [1.807, 2.05) is 27.7 Å². The predicted octanol–water partition coefficient (Wildman–Crippen LogP) is 5.63. The van der Waals surface area contributed by atoms with E-state index in [0.717, 1.165) is 0 Å². The number of carbonyl (C=O) groups excluding carboxylic acids is 6. The van der Waals surface area contributed by atoms with E-state index in [0.29, 0.717) is 12.8 Å². The first kappa shape index (κ1) is 36.0. The van der Waals surface area contributed by atoms with Crippen LogP contribution in [0.4, 0.5) is 0 Å². The molecule has 0 aromatic rings. The number of esters is 3. The Morgan fingerprint density at radius 2 is 0.940 bits per heavy atom. The summed E-state index contributed by atoms with van der Waals surface area (Å²) in [5.41, 5.74) is -0.947. The van der Waals surface area contributed by atoms with Crippen molar-refractivity contribution >= 4 is 35.3 Å². The molecule has 5 rings (SSSR count). The van der Waals surface area contributed by atoms with E-state index < -0.39 is 35.4 Å². The quantitative estimate of drug-likeness (QED) is 0.152. The van der Waals surface area contributed by atoms with E-state index in [1.54, 1.807) is 0 Å². The van der Waals surface area contributed by atoms with Gasteiger partial charge in [-0.3, -0.25) is 14.4 Å². The number of hydrogen-bond acceptors (Lipinski definition) is 12. The molecule has 50 heavy (non-hydrogen) atoms. The van der Waals surface area contributed by atoms with Gasteiger partial charge in [0.1, 0.15) is 16.9 Å². The highest BCUT2D eigenvalue weighted by atomic mass is 16.8. The van der Waals surface area contributed by atoms with Crippen LogP contribution in [0.25, 0.3) is 0 Å². The number of rotatable bonds is 6. The molecule has 2 N–H and O–H groups in total. The maximum atomic E-state index is 12.8. The van der Waals surface area contributed by atoms with E-state index in [9.17, 15) is 39.0 Å². The van der Waals surface area contributed by atoms with Crippen LogP contribution < -0.4 is 0 Å². The summed E-state index contributed by atoms with van der Waals surface area (Å²) < 4.78 is 22.2. The van der Waals surface area contributed by atoms with E-state index in [1.165, 1.54) is 60.8 Å². The summed E-state index contributed by atoms with van der Waals surface area (Å²) >= 11 is 0. The summed E-state index contributed by atoms with van der Waals surface area (Å²) in [4.78, 5) is 75.4. The molecule has 0 atom stereocenters. The topological polar surface area (TPSA) is 180 Å². The van der Waals surface area contributed by atoms with Crippen LogP contribution in [-0.4, -0.2) is 57.0 Å². The van der Waals surface area contributed by atoms with Crippen LogP contribution in [0.2, 0.25) is 0 Å².